The molecule has 0 spiro atoms. The number of nitrogens with zero attached hydrogens (tertiary/aromatic N) is 2. The van der Waals surface area contributed by atoms with E-state index in [9.17, 15) is 24.4 Å². The Balaban J connectivity index is 1.73. The molecule has 14 heteroatoms. The van der Waals surface area contributed by atoms with E-state index in [4.69, 9.17) is 24.3 Å². The number of nitrogens with two attached hydrogens (primary N) is 1. The molecular formula is C27H41N4O9P. The monoisotopic (exact) mass is 596 g/mol. The summed E-state index contributed by atoms with van der Waals surface area (Å²) in [5.41, 5.74) is 2.81. The second kappa shape index (κ2) is 14.4. The highest BCUT2D eigenvalue weighted by Gasteiger charge is 2.54. The summed E-state index contributed by atoms with van der Waals surface area (Å²) in [4.78, 5) is 28.8. The summed E-state index contributed by atoms with van der Waals surface area (Å²) in [5.74, 6) is -0.214. The number of esters is 1. The summed E-state index contributed by atoms with van der Waals surface area (Å²) < 4.78 is 37.4. The van der Waals surface area contributed by atoms with Gasteiger partial charge in [-0.2, -0.15) is 10.1 Å². The molecule has 2 heterocycles. The summed E-state index contributed by atoms with van der Waals surface area (Å²) in [6.45, 7) is 6.62. The molecule has 0 bridgehead atoms. The van der Waals surface area contributed by atoms with Crippen LogP contribution in [-0.2, 0) is 23.4 Å². The molecule has 1 aliphatic heterocycles. The molecule has 2 aromatic rings. The minimum atomic E-state index is -4.27. The number of anilines is 1. The van der Waals surface area contributed by atoms with Crippen LogP contribution in [0.15, 0.2) is 47.4 Å². The van der Waals surface area contributed by atoms with Crippen LogP contribution in [0, 0.1) is 5.92 Å². The van der Waals surface area contributed by atoms with Gasteiger partial charge in [0.1, 0.15) is 35.4 Å². The van der Waals surface area contributed by atoms with E-state index in [2.05, 4.69) is 23.9 Å². The molecule has 3 rings (SSSR count). The standard InChI is InChI=1S/C27H41N4O9P/c1-5-10-19(11-6-2)16-37-24(33)18(3)30-41(36,40-20-12-8-7-9-13-20)38-17-21-23(32)27(4,35)25(39-21)31-15-14-22(28)29-26(31)34/h7-9,12-15,18-19,21,23,25,32,35H,5-6,10-11,16-17H2,1-4H3,(H,30,36)(H2,28,29,34)/t18-,21?,23+,25?,27+,41?/m0/s1. The zero-order valence-electron chi connectivity index (χ0n) is 23.8. The van der Waals surface area contributed by atoms with E-state index < -0.39 is 56.1 Å². The van der Waals surface area contributed by atoms with Crippen molar-refractivity contribution in [3.8, 4) is 5.75 Å². The van der Waals surface area contributed by atoms with Crippen LogP contribution in [-0.4, -0.2) is 62.8 Å². The lowest BCUT2D eigenvalue weighted by Crippen LogP contribution is -2.46. The van der Waals surface area contributed by atoms with Crippen molar-refractivity contribution in [2.45, 2.75) is 83.5 Å². The number of aromatic nitrogens is 2. The third-order valence-electron chi connectivity index (χ3n) is 6.80. The molecule has 1 aliphatic rings. The highest BCUT2D eigenvalue weighted by molar-refractivity contribution is 7.52. The average molecular weight is 597 g/mol. The number of carbonyl (C=O) groups is 1. The molecule has 1 saturated heterocycles. The third-order valence-corrected chi connectivity index (χ3v) is 8.44. The molecule has 5 N–H and O–H groups in total. The average Bonchev–Trinajstić information content (AvgIpc) is 3.14. The summed E-state index contributed by atoms with van der Waals surface area (Å²) in [7, 11) is -4.27. The van der Waals surface area contributed by atoms with E-state index >= 15 is 0 Å². The van der Waals surface area contributed by atoms with E-state index in [0.717, 1.165) is 30.3 Å². The maximum atomic E-state index is 13.9. The Bertz CT molecular complexity index is 1240. The maximum absolute atomic E-state index is 13.9. The maximum Gasteiger partial charge on any atom is 0.459 e. The molecular weight excluding hydrogens is 555 g/mol. The normalized spacial score (nSPS) is 24.6. The molecule has 3 unspecified atom stereocenters. The number of benzene rings is 1. The summed E-state index contributed by atoms with van der Waals surface area (Å²) >= 11 is 0. The molecule has 0 amide bonds. The van der Waals surface area contributed by atoms with E-state index in [1.54, 1.807) is 30.3 Å². The van der Waals surface area contributed by atoms with Crippen molar-refractivity contribution in [3.05, 3.63) is 53.1 Å². The number of hydrogen-bond donors (Lipinski definition) is 4. The predicted octanol–water partition coefficient (Wildman–Crippen LogP) is 2.78. The fraction of sp³-hybridized carbons (Fsp3) is 0.593. The highest BCUT2D eigenvalue weighted by Crippen LogP contribution is 2.47. The van der Waals surface area contributed by atoms with Crippen LogP contribution < -0.4 is 21.0 Å². The van der Waals surface area contributed by atoms with Gasteiger partial charge in [0.05, 0.1) is 13.2 Å². The van der Waals surface area contributed by atoms with Gasteiger partial charge in [-0.1, -0.05) is 44.9 Å². The molecule has 1 fully saturated rings. The molecule has 0 radical (unpaired) electrons. The summed E-state index contributed by atoms with van der Waals surface area (Å²) in [5, 5.41) is 24.4. The second-order valence-electron chi connectivity index (χ2n) is 10.4. The van der Waals surface area contributed by atoms with Crippen molar-refractivity contribution in [3.63, 3.8) is 0 Å². The van der Waals surface area contributed by atoms with Gasteiger partial charge in [-0.05, 0) is 50.8 Å². The van der Waals surface area contributed by atoms with Crippen molar-refractivity contribution in [1.29, 1.82) is 0 Å². The Kier molecular flexibility index (Phi) is 11.5. The Morgan fingerprint density at radius 3 is 2.51 bits per heavy atom. The molecule has 13 nitrogen and oxygen atoms in total. The van der Waals surface area contributed by atoms with Crippen molar-refractivity contribution in [1.82, 2.24) is 14.6 Å². The van der Waals surface area contributed by atoms with Gasteiger partial charge < -0.3 is 29.9 Å². The quantitative estimate of drug-likeness (QED) is 0.174. The molecule has 228 valence electrons. The van der Waals surface area contributed by atoms with Crippen LogP contribution in [0.4, 0.5) is 5.82 Å². The summed E-state index contributed by atoms with van der Waals surface area (Å²) in [6.07, 6.45) is 0.931. The van der Waals surface area contributed by atoms with Gasteiger partial charge in [0.2, 0.25) is 0 Å². The number of hydrogen-bond acceptors (Lipinski definition) is 11. The molecule has 0 saturated carbocycles. The van der Waals surface area contributed by atoms with Crippen LogP contribution in [0.25, 0.3) is 0 Å². The Morgan fingerprint density at radius 1 is 1.24 bits per heavy atom. The lowest BCUT2D eigenvalue weighted by atomic mass is 9.96. The third kappa shape index (κ3) is 8.60. The summed E-state index contributed by atoms with van der Waals surface area (Å²) in [6, 6.07) is 8.47. The fourth-order valence-corrected chi connectivity index (χ4v) is 6.11. The number of carbonyl (C=O) groups excluding carboxylic acids is 1. The zero-order valence-corrected chi connectivity index (χ0v) is 24.7. The minimum absolute atomic E-state index is 0.0201. The number of rotatable bonds is 15. The molecule has 41 heavy (non-hydrogen) atoms. The highest BCUT2D eigenvalue weighted by atomic mass is 31.2. The first-order valence-electron chi connectivity index (χ1n) is 13.7. The van der Waals surface area contributed by atoms with Crippen molar-refractivity contribution in [2.24, 2.45) is 5.92 Å². The first-order chi connectivity index (χ1) is 19.4. The Hall–Kier alpha value is -2.80. The number of ether oxygens (including phenoxy) is 2. The van der Waals surface area contributed by atoms with Crippen molar-refractivity contribution in [2.75, 3.05) is 18.9 Å². The van der Waals surface area contributed by atoms with Gasteiger partial charge >= 0.3 is 19.4 Å². The zero-order chi connectivity index (χ0) is 30.2. The first-order valence-corrected chi connectivity index (χ1v) is 15.3. The van der Waals surface area contributed by atoms with E-state index in [1.807, 2.05) is 0 Å². The minimum Gasteiger partial charge on any atom is -0.464 e. The van der Waals surface area contributed by atoms with Gasteiger partial charge in [-0.3, -0.25) is 13.9 Å². The number of aliphatic hydroxyl groups is 2. The number of nitrogens with one attached hydrogen (secondary N) is 1. The Morgan fingerprint density at radius 2 is 1.90 bits per heavy atom. The number of nitrogen functional groups attached to an aromatic ring is 1. The molecule has 0 aliphatic carbocycles. The number of aliphatic hydroxyl groups excluding tert-OH is 1. The smallest absolute Gasteiger partial charge is 0.459 e. The van der Waals surface area contributed by atoms with Gasteiger partial charge in [0.15, 0.2) is 6.23 Å². The van der Waals surface area contributed by atoms with Gasteiger partial charge in [0.25, 0.3) is 0 Å². The second-order valence-corrected chi connectivity index (χ2v) is 12.1. The van der Waals surface area contributed by atoms with E-state index in [0.29, 0.717) is 0 Å². The van der Waals surface area contributed by atoms with E-state index in [1.165, 1.54) is 26.1 Å². The van der Waals surface area contributed by atoms with Crippen molar-refractivity contribution < 1.29 is 38.1 Å². The number of para-hydroxylation sites is 1. The predicted molar refractivity (Wildman–Crippen MR) is 151 cm³/mol. The van der Waals surface area contributed by atoms with Gasteiger partial charge in [-0.15, -0.1) is 0 Å². The lowest BCUT2D eigenvalue weighted by Gasteiger charge is -2.27. The first kappa shape index (κ1) is 32.7. The van der Waals surface area contributed by atoms with Crippen LogP contribution in [0.5, 0.6) is 5.75 Å². The van der Waals surface area contributed by atoms with Crippen molar-refractivity contribution >= 4 is 19.5 Å². The molecule has 1 aromatic carbocycles. The SMILES string of the molecule is CCCC(CCC)COC(=O)[C@H](C)NP(=O)(OCC1OC(n2ccc(N)nc2=O)[C@](C)(O)[C@@H]1O)Oc1ccccc1. The molecule has 6 atom stereocenters. The van der Waals surface area contributed by atoms with Gasteiger partial charge in [-0.25, -0.2) is 9.36 Å². The topological polar surface area (TPSA) is 184 Å². The van der Waals surface area contributed by atoms with E-state index in [-0.39, 0.29) is 24.1 Å². The van der Waals surface area contributed by atoms with Gasteiger partial charge in [0, 0.05) is 6.20 Å². The fourth-order valence-electron chi connectivity index (χ4n) is 4.61. The lowest BCUT2D eigenvalue weighted by molar-refractivity contribution is -0.146. The largest absolute Gasteiger partial charge is 0.464 e. The Labute approximate surface area is 239 Å². The van der Waals surface area contributed by atoms with Crippen LogP contribution in [0.3, 0.4) is 0 Å². The van der Waals surface area contributed by atoms with Crippen LogP contribution >= 0.6 is 7.75 Å². The van der Waals surface area contributed by atoms with Crippen LogP contribution in [0.1, 0.15) is 59.6 Å². The van der Waals surface area contributed by atoms with Crippen LogP contribution in [0.2, 0.25) is 0 Å². The molecule has 1 aromatic heterocycles.